The molecule has 0 radical (unpaired) electrons. The van der Waals surface area contributed by atoms with Crippen LogP contribution in [0, 0.1) is 11.3 Å². The SMILES string of the molecule is Cn1cc(-c2cnc3c(c2)NC[C@H]([C@H](NCCc2ccc(C#N)cc2)c2cncs2)O3)cn1. The maximum absolute atomic E-state index is 8.98. The highest BCUT2D eigenvalue weighted by Crippen LogP contribution is 2.34. The van der Waals surface area contributed by atoms with E-state index in [2.05, 4.69) is 37.8 Å². The molecule has 4 heterocycles. The molecule has 2 N–H and O–H groups in total. The Kier molecular flexibility index (Phi) is 6.02. The summed E-state index contributed by atoms with van der Waals surface area (Å²) in [6.07, 6.45) is 8.23. The molecule has 0 spiro atoms. The van der Waals surface area contributed by atoms with Gasteiger partial charge >= 0.3 is 0 Å². The number of nitriles is 1. The second kappa shape index (κ2) is 9.40. The minimum absolute atomic E-state index is 0.0173. The zero-order valence-corrected chi connectivity index (χ0v) is 18.9. The Balaban J connectivity index is 1.28. The molecule has 4 aromatic rings. The predicted octanol–water partition coefficient (Wildman–Crippen LogP) is 3.56. The Hall–Kier alpha value is -3.74. The van der Waals surface area contributed by atoms with Gasteiger partial charge in [-0.2, -0.15) is 10.4 Å². The van der Waals surface area contributed by atoms with Gasteiger partial charge in [0.1, 0.15) is 6.10 Å². The van der Waals surface area contributed by atoms with E-state index >= 15 is 0 Å². The summed E-state index contributed by atoms with van der Waals surface area (Å²) < 4.78 is 8.11. The third kappa shape index (κ3) is 4.72. The summed E-state index contributed by atoms with van der Waals surface area (Å²) in [5.74, 6) is 0.599. The molecule has 9 heteroatoms. The van der Waals surface area contributed by atoms with Gasteiger partial charge in [0.15, 0.2) is 0 Å². The summed E-state index contributed by atoms with van der Waals surface area (Å²) in [6, 6.07) is 11.9. The van der Waals surface area contributed by atoms with Crippen LogP contribution in [0.5, 0.6) is 5.88 Å². The number of pyridine rings is 1. The summed E-state index contributed by atoms with van der Waals surface area (Å²) in [5, 5.41) is 20.3. The summed E-state index contributed by atoms with van der Waals surface area (Å²) in [4.78, 5) is 9.96. The van der Waals surface area contributed by atoms with Crippen molar-refractivity contribution in [3.05, 3.63) is 76.6 Å². The molecule has 2 atom stereocenters. The van der Waals surface area contributed by atoms with Gasteiger partial charge in [0.25, 0.3) is 0 Å². The van der Waals surface area contributed by atoms with Crippen molar-refractivity contribution in [2.75, 3.05) is 18.4 Å². The fourth-order valence-corrected chi connectivity index (χ4v) is 4.64. The molecule has 0 bridgehead atoms. The Bertz CT molecular complexity index is 1260. The zero-order chi connectivity index (χ0) is 22.6. The van der Waals surface area contributed by atoms with E-state index in [4.69, 9.17) is 10.00 Å². The molecule has 0 aliphatic carbocycles. The highest BCUT2D eigenvalue weighted by molar-refractivity contribution is 7.09. The topological polar surface area (TPSA) is 101 Å². The Morgan fingerprint density at radius 2 is 2.15 bits per heavy atom. The fourth-order valence-electron chi connectivity index (χ4n) is 3.89. The van der Waals surface area contributed by atoms with Gasteiger partial charge < -0.3 is 15.4 Å². The third-order valence-corrected chi connectivity index (χ3v) is 6.50. The number of ether oxygens (including phenoxy) is 1. The average Bonchev–Trinajstić information content (AvgIpc) is 3.54. The van der Waals surface area contributed by atoms with Crippen LogP contribution in [0.3, 0.4) is 0 Å². The Labute approximate surface area is 195 Å². The highest BCUT2D eigenvalue weighted by atomic mass is 32.1. The number of benzene rings is 1. The first-order chi connectivity index (χ1) is 16.2. The van der Waals surface area contributed by atoms with Gasteiger partial charge in [0.05, 0.1) is 41.6 Å². The van der Waals surface area contributed by atoms with Crippen molar-refractivity contribution < 1.29 is 4.74 Å². The zero-order valence-electron chi connectivity index (χ0n) is 18.1. The van der Waals surface area contributed by atoms with Crippen LogP contribution < -0.4 is 15.4 Å². The van der Waals surface area contributed by atoms with Crippen molar-refractivity contribution in [2.45, 2.75) is 18.6 Å². The van der Waals surface area contributed by atoms with E-state index in [1.54, 1.807) is 16.0 Å². The van der Waals surface area contributed by atoms with Crippen molar-refractivity contribution in [1.29, 1.82) is 5.26 Å². The van der Waals surface area contributed by atoms with Crippen molar-refractivity contribution >= 4 is 17.0 Å². The van der Waals surface area contributed by atoms with E-state index in [9.17, 15) is 0 Å². The summed E-state index contributed by atoms with van der Waals surface area (Å²) in [5.41, 5.74) is 6.59. The molecule has 0 amide bonds. The van der Waals surface area contributed by atoms with Gasteiger partial charge in [-0.05, 0) is 36.7 Å². The van der Waals surface area contributed by atoms with Crippen LogP contribution in [-0.4, -0.2) is 38.9 Å². The number of hydrogen-bond donors (Lipinski definition) is 2. The van der Waals surface area contributed by atoms with E-state index in [0.29, 0.717) is 18.0 Å². The molecular weight excluding hydrogens is 434 g/mol. The van der Waals surface area contributed by atoms with Crippen LogP contribution in [0.1, 0.15) is 22.0 Å². The monoisotopic (exact) mass is 457 g/mol. The lowest BCUT2D eigenvalue weighted by molar-refractivity contribution is 0.152. The molecule has 0 unspecified atom stereocenters. The maximum Gasteiger partial charge on any atom is 0.237 e. The molecule has 1 aliphatic heterocycles. The molecule has 1 aromatic carbocycles. The van der Waals surface area contributed by atoms with Gasteiger partial charge in [-0.1, -0.05) is 12.1 Å². The molecule has 5 rings (SSSR count). The molecule has 3 aromatic heterocycles. The van der Waals surface area contributed by atoms with E-state index in [-0.39, 0.29) is 12.1 Å². The maximum atomic E-state index is 8.98. The minimum Gasteiger partial charge on any atom is -0.469 e. The van der Waals surface area contributed by atoms with Crippen molar-refractivity contribution in [2.24, 2.45) is 7.05 Å². The van der Waals surface area contributed by atoms with Crippen LogP contribution in [0.25, 0.3) is 11.1 Å². The van der Waals surface area contributed by atoms with Crippen LogP contribution in [0.15, 0.2) is 60.6 Å². The fraction of sp³-hybridized carbons (Fsp3) is 0.250. The van der Waals surface area contributed by atoms with E-state index in [1.165, 1.54) is 5.56 Å². The molecule has 166 valence electrons. The third-order valence-electron chi connectivity index (χ3n) is 5.64. The molecule has 0 fully saturated rings. The van der Waals surface area contributed by atoms with E-state index < -0.39 is 0 Å². The first kappa shape index (κ1) is 21.1. The largest absolute Gasteiger partial charge is 0.469 e. The molecule has 0 saturated carbocycles. The molecule has 0 saturated heterocycles. The highest BCUT2D eigenvalue weighted by Gasteiger charge is 2.30. The lowest BCUT2D eigenvalue weighted by Gasteiger charge is -2.32. The lowest BCUT2D eigenvalue weighted by atomic mass is 10.1. The van der Waals surface area contributed by atoms with Gasteiger partial charge in [0, 0.05) is 41.6 Å². The summed E-state index contributed by atoms with van der Waals surface area (Å²) in [7, 11) is 1.90. The second-order valence-electron chi connectivity index (χ2n) is 7.91. The number of fused-ring (bicyclic) bond motifs is 1. The smallest absolute Gasteiger partial charge is 0.237 e. The standard InChI is InChI=1S/C24H23N7OS/c1-31-14-19(11-30-31)18-8-20-24(29-10-18)32-21(12-28-20)23(22-13-26-15-33-22)27-7-6-16-2-4-17(9-25)5-3-16/h2-5,8,10-11,13-15,21,23,27-28H,6-7,12H2,1H3/t21-,23+/m1/s1. The molecular formula is C24H23N7OS. The van der Waals surface area contributed by atoms with E-state index in [1.807, 2.05) is 61.6 Å². The van der Waals surface area contributed by atoms with Crippen molar-refractivity contribution in [3.8, 4) is 23.1 Å². The Morgan fingerprint density at radius 1 is 1.27 bits per heavy atom. The number of aryl methyl sites for hydroxylation is 1. The number of aromatic nitrogens is 4. The van der Waals surface area contributed by atoms with Gasteiger partial charge in [-0.3, -0.25) is 9.67 Å². The minimum atomic E-state index is -0.129. The first-order valence-electron chi connectivity index (χ1n) is 10.7. The number of nitrogens with one attached hydrogen (secondary N) is 2. The quantitative estimate of drug-likeness (QED) is 0.438. The predicted molar refractivity (Wildman–Crippen MR) is 127 cm³/mol. The van der Waals surface area contributed by atoms with Crippen molar-refractivity contribution in [1.82, 2.24) is 25.1 Å². The summed E-state index contributed by atoms with van der Waals surface area (Å²) in [6.45, 7) is 1.42. The lowest BCUT2D eigenvalue weighted by Crippen LogP contribution is -2.43. The number of anilines is 1. The van der Waals surface area contributed by atoms with Crippen LogP contribution in [0.2, 0.25) is 0 Å². The van der Waals surface area contributed by atoms with Crippen LogP contribution in [-0.2, 0) is 13.5 Å². The van der Waals surface area contributed by atoms with E-state index in [0.717, 1.165) is 34.7 Å². The Morgan fingerprint density at radius 3 is 2.88 bits per heavy atom. The van der Waals surface area contributed by atoms with Gasteiger partial charge in [-0.15, -0.1) is 11.3 Å². The van der Waals surface area contributed by atoms with Gasteiger partial charge in [-0.25, -0.2) is 4.98 Å². The number of hydrogen-bond acceptors (Lipinski definition) is 8. The van der Waals surface area contributed by atoms with Crippen LogP contribution in [0.4, 0.5) is 5.69 Å². The normalized spacial score (nSPS) is 15.7. The molecule has 8 nitrogen and oxygen atoms in total. The number of thiazole rings is 1. The number of nitrogens with zero attached hydrogens (tertiary/aromatic N) is 5. The van der Waals surface area contributed by atoms with Crippen LogP contribution >= 0.6 is 11.3 Å². The molecule has 33 heavy (non-hydrogen) atoms. The van der Waals surface area contributed by atoms with Crippen molar-refractivity contribution in [3.63, 3.8) is 0 Å². The second-order valence-corrected chi connectivity index (χ2v) is 8.83. The number of rotatable bonds is 7. The summed E-state index contributed by atoms with van der Waals surface area (Å²) >= 11 is 1.61. The van der Waals surface area contributed by atoms with Gasteiger partial charge in [0.2, 0.25) is 5.88 Å². The first-order valence-corrected chi connectivity index (χ1v) is 11.6. The molecule has 1 aliphatic rings. The average molecular weight is 458 g/mol.